The van der Waals surface area contributed by atoms with E-state index in [9.17, 15) is 0 Å². The Morgan fingerprint density at radius 2 is 0.662 bits per heavy atom. The lowest BCUT2D eigenvalue weighted by Gasteiger charge is -2.22. The lowest BCUT2D eigenvalue weighted by atomic mass is 10.1. The molecule has 0 radical (unpaired) electrons. The molecule has 380 valence electrons. The summed E-state index contributed by atoms with van der Waals surface area (Å²) in [7, 11) is 2.02. The highest BCUT2D eigenvalue weighted by Crippen LogP contribution is 2.13. The second-order valence-electron chi connectivity index (χ2n) is 18.5. The fraction of sp³-hybridized carbons (Fsp3) is 0.800. The highest BCUT2D eigenvalue weighted by atomic mass is 16.6. The van der Waals surface area contributed by atoms with Gasteiger partial charge in [-0.15, -0.1) is 0 Å². The fourth-order valence-electron chi connectivity index (χ4n) is 7.74. The Balaban J connectivity index is 4.44. The number of hydrogen-bond acceptors (Lipinski definition) is 5. The third-order valence-corrected chi connectivity index (χ3v) is 12.0. The van der Waals surface area contributed by atoms with Crippen molar-refractivity contribution in [1.82, 2.24) is 5.32 Å². The van der Waals surface area contributed by atoms with Crippen molar-refractivity contribution < 1.29 is 18.9 Å². The summed E-state index contributed by atoms with van der Waals surface area (Å²) < 4.78 is 25.3. The molecule has 0 heterocycles. The number of nitrogens with one attached hydrogen (secondary N) is 1. The maximum Gasteiger partial charge on any atom is 0.104 e. The molecule has 0 aromatic rings. The third-order valence-electron chi connectivity index (χ3n) is 12.0. The van der Waals surface area contributed by atoms with Crippen molar-refractivity contribution in [2.24, 2.45) is 0 Å². The molecule has 0 rings (SSSR count). The second-order valence-corrected chi connectivity index (χ2v) is 18.5. The summed E-state index contributed by atoms with van der Waals surface area (Å²) in [5.74, 6) is 0. The standard InChI is InChI=1S/C60H111NO4/c1-5-8-11-14-17-20-23-26-29-31-34-37-40-43-46-49-54-64-59(51-52-61-4)56-63-58-60(57-62-53-48-45-42-39-36-33-28-25-22-19-16-13-10-7-3)65-55-50-47-44-41-38-35-32-30-27-24-21-18-15-12-9-6-2/h13,16-18,20-22,25-27,29-30,59-61H,5-12,14-15,19,23-24,28,31-58H2,1-4H3/b16-13-,20-17-,21-18-,25-22-,29-26-,30-27-. The van der Waals surface area contributed by atoms with E-state index in [2.05, 4.69) is 99.0 Å². The number of rotatable bonds is 54. The molecule has 0 spiro atoms. The number of hydrogen-bond donors (Lipinski definition) is 1. The first kappa shape index (κ1) is 63.2. The Morgan fingerprint density at radius 3 is 1.08 bits per heavy atom. The summed E-state index contributed by atoms with van der Waals surface area (Å²) in [6, 6.07) is 0. The van der Waals surface area contributed by atoms with E-state index in [0.29, 0.717) is 19.8 Å². The maximum atomic E-state index is 6.41. The zero-order chi connectivity index (χ0) is 46.9. The quantitative estimate of drug-likeness (QED) is 0.0487. The summed E-state index contributed by atoms with van der Waals surface area (Å²) in [5, 5.41) is 3.30. The molecule has 0 aliphatic carbocycles. The molecule has 2 unspecified atom stereocenters. The van der Waals surface area contributed by atoms with Crippen LogP contribution in [0, 0.1) is 0 Å². The first-order valence-corrected chi connectivity index (χ1v) is 28.2. The van der Waals surface area contributed by atoms with Gasteiger partial charge in [-0.25, -0.2) is 0 Å². The van der Waals surface area contributed by atoms with Crippen LogP contribution in [0.3, 0.4) is 0 Å². The van der Waals surface area contributed by atoms with E-state index in [-0.39, 0.29) is 12.2 Å². The van der Waals surface area contributed by atoms with Gasteiger partial charge in [-0.3, -0.25) is 0 Å². The first-order valence-electron chi connectivity index (χ1n) is 28.2. The van der Waals surface area contributed by atoms with Crippen LogP contribution < -0.4 is 5.32 Å². The van der Waals surface area contributed by atoms with Crippen LogP contribution in [0.15, 0.2) is 72.9 Å². The molecular formula is C60H111NO4. The van der Waals surface area contributed by atoms with Gasteiger partial charge in [0.1, 0.15) is 6.10 Å². The zero-order valence-electron chi connectivity index (χ0n) is 43.9. The lowest BCUT2D eigenvalue weighted by molar-refractivity contribution is -0.0828. The summed E-state index contributed by atoms with van der Waals surface area (Å²) in [4.78, 5) is 0. The van der Waals surface area contributed by atoms with Crippen molar-refractivity contribution in [3.05, 3.63) is 72.9 Å². The SMILES string of the molecule is CCC/C=C\C/C=C\CCCCCCCCOCC(COCC(CCNC)OCCCCCCCC/C=C\C/C=C\CCCCC)OCCCCCCCC/C=C\C/C=C\CCCCC. The van der Waals surface area contributed by atoms with Gasteiger partial charge in [-0.1, -0.05) is 203 Å². The highest BCUT2D eigenvalue weighted by Gasteiger charge is 2.14. The Hall–Kier alpha value is -1.76. The summed E-state index contributed by atoms with van der Waals surface area (Å²) >= 11 is 0. The summed E-state index contributed by atoms with van der Waals surface area (Å²) in [6.45, 7) is 11.9. The molecule has 0 aliphatic heterocycles. The van der Waals surface area contributed by atoms with Crippen molar-refractivity contribution in [2.45, 2.75) is 258 Å². The van der Waals surface area contributed by atoms with Gasteiger partial charge >= 0.3 is 0 Å². The predicted molar refractivity (Wildman–Crippen MR) is 289 cm³/mol. The molecule has 2 atom stereocenters. The Kier molecular flexibility index (Phi) is 56.8. The zero-order valence-corrected chi connectivity index (χ0v) is 43.9. The smallest absolute Gasteiger partial charge is 0.104 e. The molecule has 0 aromatic carbocycles. The molecule has 0 bridgehead atoms. The van der Waals surface area contributed by atoms with Crippen molar-refractivity contribution >= 4 is 0 Å². The minimum Gasteiger partial charge on any atom is -0.379 e. The van der Waals surface area contributed by atoms with Crippen LogP contribution in [0.25, 0.3) is 0 Å². The lowest BCUT2D eigenvalue weighted by Crippen LogP contribution is -2.30. The van der Waals surface area contributed by atoms with Gasteiger partial charge in [0.05, 0.1) is 25.9 Å². The van der Waals surface area contributed by atoms with Crippen LogP contribution in [0.5, 0.6) is 0 Å². The summed E-state index contributed by atoms with van der Waals surface area (Å²) in [6.07, 6.45) is 71.7. The van der Waals surface area contributed by atoms with E-state index in [1.54, 1.807) is 0 Å². The molecule has 65 heavy (non-hydrogen) atoms. The molecule has 0 saturated heterocycles. The van der Waals surface area contributed by atoms with E-state index < -0.39 is 0 Å². The van der Waals surface area contributed by atoms with E-state index in [1.807, 2.05) is 7.05 Å². The molecule has 5 heteroatoms. The molecule has 0 aromatic heterocycles. The number of allylic oxidation sites excluding steroid dienone is 12. The molecule has 1 N–H and O–H groups in total. The fourth-order valence-corrected chi connectivity index (χ4v) is 7.74. The summed E-state index contributed by atoms with van der Waals surface area (Å²) in [5.41, 5.74) is 0. The van der Waals surface area contributed by atoms with Gasteiger partial charge in [-0.05, 0) is 129 Å². The first-order chi connectivity index (χ1) is 32.3. The van der Waals surface area contributed by atoms with Crippen LogP contribution in [0.4, 0.5) is 0 Å². The molecule has 0 aliphatic rings. The average Bonchev–Trinajstić information content (AvgIpc) is 3.32. The number of ether oxygens (including phenoxy) is 4. The van der Waals surface area contributed by atoms with Gasteiger partial charge in [0.25, 0.3) is 0 Å². The van der Waals surface area contributed by atoms with Crippen LogP contribution >= 0.6 is 0 Å². The monoisotopic (exact) mass is 910 g/mol. The Bertz CT molecular complexity index is 1060. The van der Waals surface area contributed by atoms with Gasteiger partial charge < -0.3 is 24.3 Å². The Morgan fingerprint density at radius 1 is 0.323 bits per heavy atom. The normalized spacial score (nSPS) is 13.5. The molecular weight excluding hydrogens is 799 g/mol. The van der Waals surface area contributed by atoms with Crippen molar-refractivity contribution in [3.63, 3.8) is 0 Å². The second kappa shape index (κ2) is 58.4. The third kappa shape index (κ3) is 54.7. The van der Waals surface area contributed by atoms with Gasteiger partial charge in [0.2, 0.25) is 0 Å². The van der Waals surface area contributed by atoms with Crippen LogP contribution in [-0.2, 0) is 18.9 Å². The average molecular weight is 911 g/mol. The molecule has 0 amide bonds. The minimum atomic E-state index is -0.0271. The van der Waals surface area contributed by atoms with Gasteiger partial charge in [0.15, 0.2) is 0 Å². The van der Waals surface area contributed by atoms with Crippen LogP contribution in [0.1, 0.15) is 245 Å². The van der Waals surface area contributed by atoms with Crippen LogP contribution in [0.2, 0.25) is 0 Å². The number of unbranched alkanes of at least 4 members (excludes halogenated alkanes) is 25. The minimum absolute atomic E-state index is 0.0271. The van der Waals surface area contributed by atoms with E-state index in [1.165, 1.54) is 180 Å². The van der Waals surface area contributed by atoms with Gasteiger partial charge in [0, 0.05) is 19.8 Å². The predicted octanol–water partition coefficient (Wildman–Crippen LogP) is 18.1. The molecule has 0 saturated carbocycles. The van der Waals surface area contributed by atoms with Crippen molar-refractivity contribution in [3.8, 4) is 0 Å². The van der Waals surface area contributed by atoms with E-state index in [0.717, 1.165) is 71.3 Å². The van der Waals surface area contributed by atoms with E-state index in [4.69, 9.17) is 18.9 Å². The van der Waals surface area contributed by atoms with Gasteiger partial charge in [-0.2, -0.15) is 0 Å². The highest BCUT2D eigenvalue weighted by molar-refractivity contribution is 4.94. The van der Waals surface area contributed by atoms with Crippen LogP contribution in [-0.4, -0.2) is 65.4 Å². The topological polar surface area (TPSA) is 49.0 Å². The largest absolute Gasteiger partial charge is 0.379 e. The molecule has 0 fully saturated rings. The maximum absolute atomic E-state index is 6.41. The molecule has 5 nitrogen and oxygen atoms in total. The van der Waals surface area contributed by atoms with Crippen molar-refractivity contribution in [1.29, 1.82) is 0 Å². The van der Waals surface area contributed by atoms with E-state index >= 15 is 0 Å². The van der Waals surface area contributed by atoms with Crippen molar-refractivity contribution in [2.75, 3.05) is 53.2 Å². The Labute approximate surface area is 406 Å².